The van der Waals surface area contributed by atoms with Gasteiger partial charge in [-0.15, -0.1) is 0 Å². The second kappa shape index (κ2) is 5.67. The lowest BCUT2D eigenvalue weighted by Gasteiger charge is -2.19. The van der Waals surface area contributed by atoms with E-state index >= 15 is 0 Å². The zero-order chi connectivity index (χ0) is 13.1. The summed E-state index contributed by atoms with van der Waals surface area (Å²) in [4.78, 5) is 10.1. The van der Waals surface area contributed by atoms with Gasteiger partial charge in [0.05, 0.1) is 4.47 Å². The molecule has 0 aliphatic rings. The molecule has 1 heterocycles. The van der Waals surface area contributed by atoms with E-state index in [1.165, 1.54) is 5.56 Å². The average molecular weight is 327 g/mol. The van der Waals surface area contributed by atoms with Crippen LogP contribution < -0.4 is 4.90 Å². The van der Waals surface area contributed by atoms with Crippen LogP contribution in [0.5, 0.6) is 0 Å². The summed E-state index contributed by atoms with van der Waals surface area (Å²) < 4.78 is 0.814. The maximum atomic E-state index is 5.83. The van der Waals surface area contributed by atoms with E-state index in [-0.39, 0.29) is 5.28 Å². The highest BCUT2D eigenvalue weighted by molar-refractivity contribution is 9.10. The summed E-state index contributed by atoms with van der Waals surface area (Å²) >= 11 is 9.26. The third-order valence-electron chi connectivity index (χ3n) is 2.75. The smallest absolute Gasteiger partial charge is 0.224 e. The van der Waals surface area contributed by atoms with Gasteiger partial charge in [-0.3, -0.25) is 0 Å². The topological polar surface area (TPSA) is 29.0 Å². The monoisotopic (exact) mass is 325 g/mol. The molecule has 0 N–H and O–H groups in total. The van der Waals surface area contributed by atoms with Crippen molar-refractivity contribution in [1.82, 2.24) is 9.97 Å². The molecule has 0 saturated carbocycles. The number of rotatable bonds is 3. The summed E-state index contributed by atoms with van der Waals surface area (Å²) in [5.74, 6) is 0.749. The second-order valence-corrected chi connectivity index (χ2v) is 5.08. The van der Waals surface area contributed by atoms with Crippen LogP contribution >= 0.6 is 27.5 Å². The molecule has 0 aliphatic heterocycles. The number of benzene rings is 1. The maximum absolute atomic E-state index is 5.83. The Morgan fingerprint density at radius 1 is 1.28 bits per heavy atom. The fourth-order valence-corrected chi connectivity index (χ4v) is 2.24. The Bertz CT molecular complexity index is 542. The molecular formula is C13H13BrClN3. The van der Waals surface area contributed by atoms with Crippen LogP contribution in [0.15, 0.2) is 34.9 Å². The van der Waals surface area contributed by atoms with Crippen molar-refractivity contribution in [3.8, 4) is 0 Å². The molecule has 0 amide bonds. The summed E-state index contributed by atoms with van der Waals surface area (Å²) in [6.07, 6.45) is 2.69. The lowest BCUT2D eigenvalue weighted by Crippen LogP contribution is -2.12. The lowest BCUT2D eigenvalue weighted by molar-refractivity contribution is 1.06. The van der Waals surface area contributed by atoms with Crippen LogP contribution in [-0.2, 0) is 6.42 Å². The summed E-state index contributed by atoms with van der Waals surface area (Å²) in [6, 6.07) is 8.37. The third-order valence-corrected chi connectivity index (χ3v) is 3.49. The van der Waals surface area contributed by atoms with Gasteiger partial charge in [-0.1, -0.05) is 19.1 Å². The first-order valence-electron chi connectivity index (χ1n) is 5.62. The number of hydrogen-bond donors (Lipinski definition) is 0. The molecular weight excluding hydrogens is 314 g/mol. The molecule has 94 valence electrons. The van der Waals surface area contributed by atoms with Crippen molar-refractivity contribution in [1.29, 1.82) is 0 Å². The Labute approximate surface area is 120 Å². The minimum absolute atomic E-state index is 0.241. The normalized spacial score (nSPS) is 10.4. The van der Waals surface area contributed by atoms with Gasteiger partial charge in [0, 0.05) is 18.9 Å². The standard InChI is InChI=1S/C13H13BrClN3/c1-3-9-4-6-10(7-5-9)18(2)12-11(14)8-16-13(15)17-12/h4-8H,3H2,1-2H3. The van der Waals surface area contributed by atoms with Crippen LogP contribution in [-0.4, -0.2) is 17.0 Å². The van der Waals surface area contributed by atoms with Crippen LogP contribution in [0.3, 0.4) is 0 Å². The Balaban J connectivity index is 2.34. The average Bonchev–Trinajstić information content (AvgIpc) is 2.41. The Hall–Kier alpha value is -1.13. The molecule has 0 fully saturated rings. The first-order valence-corrected chi connectivity index (χ1v) is 6.79. The van der Waals surface area contributed by atoms with Gasteiger partial charge in [-0.2, -0.15) is 4.98 Å². The van der Waals surface area contributed by atoms with Gasteiger partial charge < -0.3 is 4.90 Å². The molecule has 0 saturated heterocycles. The van der Waals surface area contributed by atoms with Gasteiger partial charge in [0.2, 0.25) is 5.28 Å². The second-order valence-electron chi connectivity index (χ2n) is 3.89. The molecule has 0 atom stereocenters. The van der Waals surface area contributed by atoms with Crippen molar-refractivity contribution in [2.45, 2.75) is 13.3 Å². The van der Waals surface area contributed by atoms with E-state index in [1.54, 1.807) is 6.20 Å². The van der Waals surface area contributed by atoms with E-state index < -0.39 is 0 Å². The molecule has 0 unspecified atom stereocenters. The van der Waals surface area contributed by atoms with Crippen LogP contribution in [0, 0.1) is 0 Å². The molecule has 1 aromatic heterocycles. The van der Waals surface area contributed by atoms with Crippen molar-refractivity contribution in [2.24, 2.45) is 0 Å². The predicted octanol–water partition coefficient (Wildman–Crippen LogP) is 4.22. The van der Waals surface area contributed by atoms with E-state index in [0.717, 1.165) is 22.4 Å². The van der Waals surface area contributed by atoms with Gasteiger partial charge in [-0.25, -0.2) is 4.98 Å². The van der Waals surface area contributed by atoms with Gasteiger partial charge in [0.25, 0.3) is 0 Å². The Morgan fingerprint density at radius 2 is 1.94 bits per heavy atom. The van der Waals surface area contributed by atoms with Gasteiger partial charge in [-0.05, 0) is 51.6 Å². The molecule has 1 aromatic carbocycles. The van der Waals surface area contributed by atoms with Crippen molar-refractivity contribution in [3.63, 3.8) is 0 Å². The fourth-order valence-electron chi connectivity index (χ4n) is 1.65. The number of aryl methyl sites for hydroxylation is 1. The molecule has 0 spiro atoms. The first kappa shape index (κ1) is 13.3. The number of hydrogen-bond acceptors (Lipinski definition) is 3. The van der Waals surface area contributed by atoms with Crippen LogP contribution in [0.25, 0.3) is 0 Å². The van der Waals surface area contributed by atoms with Gasteiger partial charge >= 0.3 is 0 Å². The minimum atomic E-state index is 0.241. The molecule has 0 bridgehead atoms. The Kier molecular flexibility index (Phi) is 4.19. The summed E-state index contributed by atoms with van der Waals surface area (Å²) in [5.41, 5.74) is 2.37. The van der Waals surface area contributed by atoms with Crippen LogP contribution in [0.2, 0.25) is 5.28 Å². The number of anilines is 2. The molecule has 5 heteroatoms. The van der Waals surface area contributed by atoms with Crippen molar-refractivity contribution in [2.75, 3.05) is 11.9 Å². The minimum Gasteiger partial charge on any atom is -0.328 e. The Morgan fingerprint density at radius 3 is 2.56 bits per heavy atom. The largest absolute Gasteiger partial charge is 0.328 e. The molecule has 18 heavy (non-hydrogen) atoms. The van der Waals surface area contributed by atoms with Crippen molar-refractivity contribution >= 4 is 39.0 Å². The SMILES string of the molecule is CCc1ccc(N(C)c2nc(Cl)ncc2Br)cc1. The summed E-state index contributed by atoms with van der Waals surface area (Å²) in [7, 11) is 1.95. The molecule has 3 nitrogen and oxygen atoms in total. The number of aromatic nitrogens is 2. The van der Waals surface area contributed by atoms with Crippen LogP contribution in [0.1, 0.15) is 12.5 Å². The number of nitrogens with zero attached hydrogens (tertiary/aromatic N) is 3. The first-order chi connectivity index (χ1) is 8.61. The van der Waals surface area contributed by atoms with Gasteiger partial charge in [0.15, 0.2) is 5.82 Å². The zero-order valence-corrected chi connectivity index (χ0v) is 12.5. The van der Waals surface area contributed by atoms with Crippen molar-refractivity contribution in [3.05, 3.63) is 45.8 Å². The molecule has 2 rings (SSSR count). The lowest BCUT2D eigenvalue weighted by atomic mass is 10.1. The zero-order valence-electron chi connectivity index (χ0n) is 10.2. The molecule has 0 radical (unpaired) electrons. The number of halogens is 2. The quantitative estimate of drug-likeness (QED) is 0.791. The highest BCUT2D eigenvalue weighted by atomic mass is 79.9. The summed E-state index contributed by atoms with van der Waals surface area (Å²) in [5, 5.41) is 0.241. The predicted molar refractivity (Wildman–Crippen MR) is 78.6 cm³/mol. The van der Waals surface area contributed by atoms with E-state index in [2.05, 4.69) is 57.1 Å². The molecule has 2 aromatic rings. The van der Waals surface area contributed by atoms with E-state index in [1.807, 2.05) is 11.9 Å². The highest BCUT2D eigenvalue weighted by Crippen LogP contribution is 2.29. The van der Waals surface area contributed by atoms with E-state index in [0.29, 0.717) is 0 Å². The maximum Gasteiger partial charge on any atom is 0.224 e. The van der Waals surface area contributed by atoms with Crippen LogP contribution in [0.4, 0.5) is 11.5 Å². The summed E-state index contributed by atoms with van der Waals surface area (Å²) in [6.45, 7) is 2.14. The molecule has 0 aliphatic carbocycles. The fraction of sp³-hybridized carbons (Fsp3) is 0.231. The van der Waals surface area contributed by atoms with E-state index in [9.17, 15) is 0 Å². The van der Waals surface area contributed by atoms with Crippen molar-refractivity contribution < 1.29 is 0 Å². The highest BCUT2D eigenvalue weighted by Gasteiger charge is 2.10. The van der Waals surface area contributed by atoms with E-state index in [4.69, 9.17) is 11.6 Å². The third kappa shape index (κ3) is 2.82. The van der Waals surface area contributed by atoms with Gasteiger partial charge in [0.1, 0.15) is 0 Å².